The SMILES string of the molecule is CC1=CC(=O)OC2C(S(=O)(=O)NC(=O)Nc3ccc([N+](=O)[O-])cc3[N+](=O)[O-])=C(C)C=C(C)C12. The van der Waals surface area contributed by atoms with Crippen molar-refractivity contribution in [1.29, 1.82) is 0 Å². The molecule has 0 fully saturated rings. The van der Waals surface area contributed by atoms with E-state index < -0.39 is 61.0 Å². The minimum atomic E-state index is -4.56. The molecule has 1 heterocycles. The van der Waals surface area contributed by atoms with E-state index in [1.54, 1.807) is 24.6 Å². The molecule has 174 valence electrons. The number of amides is 2. The van der Waals surface area contributed by atoms with E-state index >= 15 is 0 Å². The average Bonchev–Trinajstić information content (AvgIpc) is 2.65. The van der Waals surface area contributed by atoms with E-state index in [-0.39, 0.29) is 10.5 Å². The zero-order valence-corrected chi connectivity index (χ0v) is 18.3. The Balaban J connectivity index is 1.91. The van der Waals surface area contributed by atoms with E-state index in [9.17, 15) is 38.2 Å². The van der Waals surface area contributed by atoms with Crippen LogP contribution < -0.4 is 10.0 Å². The van der Waals surface area contributed by atoms with Gasteiger partial charge in [-0.05, 0) is 32.4 Å². The monoisotopic (exact) mass is 478 g/mol. The molecule has 13 nitrogen and oxygen atoms in total. The fourth-order valence-electron chi connectivity index (χ4n) is 3.85. The van der Waals surface area contributed by atoms with Crippen molar-refractivity contribution in [3.05, 3.63) is 72.2 Å². The maximum absolute atomic E-state index is 13.0. The number of nitro benzene ring substituents is 2. The molecule has 0 aromatic heterocycles. The third kappa shape index (κ3) is 4.59. The predicted molar refractivity (Wildman–Crippen MR) is 114 cm³/mol. The predicted octanol–water partition coefficient (Wildman–Crippen LogP) is 2.68. The van der Waals surface area contributed by atoms with Crippen molar-refractivity contribution in [3.8, 4) is 0 Å². The average molecular weight is 478 g/mol. The van der Waals surface area contributed by atoms with Crippen LogP contribution in [0.3, 0.4) is 0 Å². The Morgan fingerprint density at radius 3 is 2.30 bits per heavy atom. The van der Waals surface area contributed by atoms with Crippen LogP contribution in [0.4, 0.5) is 21.9 Å². The number of anilines is 1. The van der Waals surface area contributed by atoms with E-state index in [2.05, 4.69) is 0 Å². The number of sulfonamides is 1. The van der Waals surface area contributed by atoms with Crippen molar-refractivity contribution >= 4 is 39.1 Å². The summed E-state index contributed by atoms with van der Waals surface area (Å²) in [7, 11) is -4.56. The first-order valence-corrected chi connectivity index (χ1v) is 10.8. The van der Waals surface area contributed by atoms with Crippen molar-refractivity contribution in [2.45, 2.75) is 26.9 Å². The molecule has 2 atom stereocenters. The van der Waals surface area contributed by atoms with Gasteiger partial charge in [0, 0.05) is 18.1 Å². The maximum Gasteiger partial charge on any atom is 0.333 e. The molecule has 33 heavy (non-hydrogen) atoms. The van der Waals surface area contributed by atoms with Crippen molar-refractivity contribution in [1.82, 2.24) is 4.72 Å². The number of urea groups is 1. The number of hydrogen-bond donors (Lipinski definition) is 2. The molecule has 1 aromatic carbocycles. The van der Waals surface area contributed by atoms with Crippen LogP contribution in [0.5, 0.6) is 0 Å². The molecule has 14 heteroatoms. The van der Waals surface area contributed by atoms with Crippen LogP contribution in [0.2, 0.25) is 0 Å². The van der Waals surface area contributed by atoms with Crippen LogP contribution in [-0.4, -0.2) is 36.4 Å². The highest BCUT2D eigenvalue weighted by atomic mass is 32.2. The summed E-state index contributed by atoms with van der Waals surface area (Å²) in [6, 6.07) is 1.11. The second-order valence-corrected chi connectivity index (χ2v) is 9.09. The van der Waals surface area contributed by atoms with Crippen LogP contribution in [0.25, 0.3) is 0 Å². The first kappa shape index (κ1) is 23.6. The van der Waals surface area contributed by atoms with E-state index in [4.69, 9.17) is 4.74 Å². The second kappa shape index (κ2) is 8.46. The number of carbonyl (C=O) groups excluding carboxylic acids is 2. The number of benzene rings is 1. The lowest BCUT2D eigenvalue weighted by molar-refractivity contribution is -0.393. The number of ether oxygens (including phenoxy) is 1. The second-order valence-electron chi connectivity index (χ2n) is 7.43. The lowest BCUT2D eigenvalue weighted by atomic mass is 9.81. The third-order valence-corrected chi connectivity index (χ3v) is 6.70. The molecule has 1 aliphatic carbocycles. The minimum absolute atomic E-state index is 0.248. The molecule has 3 rings (SSSR count). The Hall–Kier alpha value is -4.07. The number of allylic oxidation sites excluding steroid dienone is 2. The number of nitro groups is 2. The number of esters is 1. The van der Waals surface area contributed by atoms with E-state index in [1.807, 2.05) is 5.32 Å². The number of nitrogens with zero attached hydrogens (tertiary/aromatic N) is 2. The number of non-ortho nitro benzene ring substituents is 1. The van der Waals surface area contributed by atoms with Crippen LogP contribution in [-0.2, 0) is 19.6 Å². The molecular weight excluding hydrogens is 460 g/mol. The van der Waals surface area contributed by atoms with Crippen LogP contribution >= 0.6 is 0 Å². The van der Waals surface area contributed by atoms with Gasteiger partial charge in [-0.1, -0.05) is 17.2 Å². The van der Waals surface area contributed by atoms with E-state index in [0.29, 0.717) is 11.6 Å². The van der Waals surface area contributed by atoms with Crippen molar-refractivity contribution in [2.24, 2.45) is 5.92 Å². The molecule has 2 N–H and O–H groups in total. The summed E-state index contributed by atoms with van der Waals surface area (Å²) in [5.41, 5.74) is -0.230. The molecule has 2 aliphatic rings. The Morgan fingerprint density at radius 2 is 1.70 bits per heavy atom. The van der Waals surface area contributed by atoms with Gasteiger partial charge in [0.25, 0.3) is 21.4 Å². The molecule has 0 spiro atoms. The van der Waals surface area contributed by atoms with Crippen molar-refractivity contribution in [2.75, 3.05) is 5.32 Å². The van der Waals surface area contributed by atoms with E-state index in [1.165, 1.54) is 13.0 Å². The van der Waals surface area contributed by atoms with Gasteiger partial charge in [0.1, 0.15) is 10.6 Å². The maximum atomic E-state index is 13.0. The number of hydrogen-bond acceptors (Lipinski definition) is 9. The number of carbonyl (C=O) groups is 2. The summed E-state index contributed by atoms with van der Waals surface area (Å²) < 4.78 is 33.1. The van der Waals surface area contributed by atoms with Crippen molar-refractivity contribution < 1.29 is 32.6 Å². The van der Waals surface area contributed by atoms with Gasteiger partial charge in [0.05, 0.1) is 15.9 Å². The Morgan fingerprint density at radius 1 is 1.06 bits per heavy atom. The highest BCUT2D eigenvalue weighted by Crippen LogP contribution is 2.40. The first-order chi connectivity index (χ1) is 15.3. The highest BCUT2D eigenvalue weighted by Gasteiger charge is 2.43. The summed E-state index contributed by atoms with van der Waals surface area (Å²) in [5.74, 6) is -1.26. The van der Waals surface area contributed by atoms with Gasteiger partial charge in [0.2, 0.25) is 0 Å². The van der Waals surface area contributed by atoms with E-state index in [0.717, 1.165) is 17.7 Å². The largest absolute Gasteiger partial charge is 0.452 e. The molecule has 0 saturated carbocycles. The normalized spacial score (nSPS) is 20.2. The molecule has 1 aliphatic heterocycles. The lowest BCUT2D eigenvalue weighted by Crippen LogP contribution is -2.44. The van der Waals surface area contributed by atoms with Gasteiger partial charge in [-0.25, -0.2) is 22.7 Å². The third-order valence-electron chi connectivity index (χ3n) is 5.12. The number of nitrogens with one attached hydrogen (secondary N) is 2. The fraction of sp³-hybridized carbons (Fsp3) is 0.263. The minimum Gasteiger partial charge on any atom is -0.452 e. The molecular formula is C19H18N4O9S. The molecule has 0 radical (unpaired) electrons. The first-order valence-electron chi connectivity index (χ1n) is 9.36. The molecule has 0 saturated heterocycles. The van der Waals surface area contributed by atoms with Gasteiger partial charge in [-0.15, -0.1) is 0 Å². The Kier molecular flexibility index (Phi) is 6.05. The summed E-state index contributed by atoms with van der Waals surface area (Å²) in [6.07, 6.45) is 1.68. The zero-order valence-electron chi connectivity index (χ0n) is 17.5. The van der Waals surface area contributed by atoms with Crippen LogP contribution in [0, 0.1) is 26.1 Å². The standard InChI is InChI=1S/C19H18N4O9S/c1-9-6-11(3)18(17-16(9)10(2)7-15(24)32-17)33(30,31)21-19(25)20-13-5-4-12(22(26)27)8-14(13)23(28)29/h4-8,16-17H,1-3H3,(H2,20,21,25). The summed E-state index contributed by atoms with van der Waals surface area (Å²) in [4.78, 5) is 44.2. The molecule has 1 aromatic rings. The number of fused-ring (bicyclic) bond motifs is 1. The fourth-order valence-corrected chi connectivity index (χ4v) is 5.23. The van der Waals surface area contributed by atoms with Gasteiger partial charge in [-0.3, -0.25) is 20.2 Å². The molecule has 2 amide bonds. The molecule has 2 unspecified atom stereocenters. The molecule has 0 bridgehead atoms. The Labute approximate surface area is 187 Å². The van der Waals surface area contributed by atoms with Gasteiger partial charge in [0.15, 0.2) is 6.10 Å². The zero-order chi connectivity index (χ0) is 24.7. The van der Waals surface area contributed by atoms with Crippen LogP contribution in [0.1, 0.15) is 20.8 Å². The van der Waals surface area contributed by atoms with Crippen LogP contribution in [0.15, 0.2) is 52.0 Å². The lowest BCUT2D eigenvalue weighted by Gasteiger charge is -2.36. The summed E-state index contributed by atoms with van der Waals surface area (Å²) in [5, 5.41) is 24.1. The smallest absolute Gasteiger partial charge is 0.333 e. The van der Waals surface area contributed by atoms with Gasteiger partial charge in [-0.2, -0.15) is 0 Å². The Bertz CT molecular complexity index is 1290. The van der Waals surface area contributed by atoms with Crippen molar-refractivity contribution in [3.63, 3.8) is 0 Å². The van der Waals surface area contributed by atoms with Gasteiger partial charge >= 0.3 is 12.0 Å². The summed E-state index contributed by atoms with van der Waals surface area (Å²) in [6.45, 7) is 4.90. The van der Waals surface area contributed by atoms with Gasteiger partial charge < -0.3 is 10.1 Å². The number of rotatable bonds is 5. The topological polar surface area (TPSA) is 188 Å². The highest BCUT2D eigenvalue weighted by molar-refractivity contribution is 7.94. The summed E-state index contributed by atoms with van der Waals surface area (Å²) >= 11 is 0. The quantitative estimate of drug-likeness (QED) is 0.364.